The van der Waals surface area contributed by atoms with Crippen LogP contribution in [-0.4, -0.2) is 47.4 Å². The molecule has 0 aliphatic carbocycles. The number of carbonyl (C=O) groups excluding carboxylic acids is 2. The fraction of sp³-hybridized carbons (Fsp3) is 0.899. The van der Waals surface area contributed by atoms with Crippen LogP contribution in [0.25, 0.3) is 0 Å². The van der Waals surface area contributed by atoms with Crippen molar-refractivity contribution in [1.82, 2.24) is 5.32 Å². The smallest absolute Gasteiger partial charge is 0.305 e. The summed E-state index contributed by atoms with van der Waals surface area (Å²) in [4.78, 5) is 24.6. The molecule has 0 aliphatic heterocycles. The third-order valence-electron chi connectivity index (χ3n) is 18.2. The fourth-order valence-corrected chi connectivity index (χ4v) is 12.3. The van der Waals surface area contributed by atoms with Crippen LogP contribution in [0.5, 0.6) is 0 Å². The van der Waals surface area contributed by atoms with Gasteiger partial charge >= 0.3 is 5.97 Å². The number of hydrogen-bond donors (Lipinski definition) is 3. The topological polar surface area (TPSA) is 95.9 Å². The number of aliphatic hydroxyl groups is 2. The van der Waals surface area contributed by atoms with E-state index in [0.717, 1.165) is 44.9 Å². The van der Waals surface area contributed by atoms with Gasteiger partial charge in [0.15, 0.2) is 0 Å². The molecule has 0 heterocycles. The molecule has 502 valence electrons. The minimum Gasteiger partial charge on any atom is -0.466 e. The molecule has 0 spiro atoms. The van der Waals surface area contributed by atoms with E-state index in [1.54, 1.807) is 0 Å². The Balaban J connectivity index is 3.36. The first-order valence-corrected chi connectivity index (χ1v) is 38.7. The highest BCUT2D eigenvalue weighted by atomic mass is 16.5. The SMILES string of the molecule is CCCCCCCC/C=C\CCCCCCCCCCCC(=O)OCCCCCCCCCCC/C=C\C/C=C\CCCCCCCCCCCCCCCCCCCC(=O)NC(CO)C(O)CCCCCCCCCCCCCCCCCC. The molecule has 1 amide bonds. The summed E-state index contributed by atoms with van der Waals surface area (Å²) in [7, 11) is 0. The normalized spacial score (nSPS) is 12.7. The van der Waals surface area contributed by atoms with Crippen molar-refractivity contribution < 1.29 is 24.5 Å². The summed E-state index contributed by atoms with van der Waals surface area (Å²) in [5.41, 5.74) is 0. The molecular weight excluding hydrogens is 1040 g/mol. The van der Waals surface area contributed by atoms with Crippen LogP contribution >= 0.6 is 0 Å². The van der Waals surface area contributed by atoms with Crippen LogP contribution in [0.3, 0.4) is 0 Å². The molecule has 0 aromatic heterocycles. The molecule has 0 aromatic rings. The summed E-state index contributed by atoms with van der Waals surface area (Å²) in [6.45, 7) is 4.99. The van der Waals surface area contributed by atoms with E-state index in [0.29, 0.717) is 25.9 Å². The van der Waals surface area contributed by atoms with Gasteiger partial charge in [0, 0.05) is 12.8 Å². The van der Waals surface area contributed by atoms with Crippen molar-refractivity contribution >= 4 is 11.9 Å². The van der Waals surface area contributed by atoms with E-state index < -0.39 is 12.1 Å². The largest absolute Gasteiger partial charge is 0.466 e. The number of unbranched alkanes of at least 4 members (excludes halogenated alkanes) is 56. The zero-order valence-corrected chi connectivity index (χ0v) is 57.6. The van der Waals surface area contributed by atoms with E-state index in [4.69, 9.17) is 4.74 Å². The lowest BCUT2D eigenvalue weighted by Crippen LogP contribution is -2.45. The van der Waals surface area contributed by atoms with Gasteiger partial charge in [0.05, 0.1) is 25.4 Å². The van der Waals surface area contributed by atoms with Gasteiger partial charge < -0.3 is 20.3 Å². The minimum atomic E-state index is -0.663. The van der Waals surface area contributed by atoms with Crippen LogP contribution in [0.2, 0.25) is 0 Å². The van der Waals surface area contributed by atoms with Crippen molar-refractivity contribution in [3.63, 3.8) is 0 Å². The van der Waals surface area contributed by atoms with Crippen LogP contribution in [-0.2, 0) is 14.3 Å². The predicted octanol–water partition coefficient (Wildman–Crippen LogP) is 25.4. The third-order valence-corrected chi connectivity index (χ3v) is 18.2. The molecular formula is C79H151NO5. The first-order valence-electron chi connectivity index (χ1n) is 38.7. The molecule has 0 rings (SSSR count). The third kappa shape index (κ3) is 71.0. The monoisotopic (exact) mass is 1190 g/mol. The Kier molecular flexibility index (Phi) is 72.9. The van der Waals surface area contributed by atoms with Gasteiger partial charge in [-0.1, -0.05) is 371 Å². The zero-order chi connectivity index (χ0) is 61.3. The van der Waals surface area contributed by atoms with Gasteiger partial charge in [-0.3, -0.25) is 9.59 Å². The molecule has 85 heavy (non-hydrogen) atoms. The highest BCUT2D eigenvalue weighted by Gasteiger charge is 2.20. The number of esters is 1. The zero-order valence-electron chi connectivity index (χ0n) is 57.6. The van der Waals surface area contributed by atoms with E-state index in [1.165, 1.54) is 353 Å². The lowest BCUT2D eigenvalue weighted by atomic mass is 10.0. The fourth-order valence-electron chi connectivity index (χ4n) is 12.3. The summed E-state index contributed by atoms with van der Waals surface area (Å²) in [5.74, 6) is -0.0152. The minimum absolute atomic E-state index is 0.0145. The number of rotatable bonds is 73. The van der Waals surface area contributed by atoms with Gasteiger partial charge in [0.2, 0.25) is 5.91 Å². The standard InChI is InChI=1S/C79H151NO5/c1-3-5-7-9-11-13-15-17-19-21-37-41-45-49-53-57-61-65-69-73-79(84)85-74-70-66-62-58-54-50-46-42-39-36-34-32-30-28-26-24-22-23-25-27-29-31-33-35-38-40-44-48-52-56-60-64-68-72-78(83)80-76(75-81)77(82)71-67-63-59-55-51-47-43-20-18-16-14-12-10-8-6-4-2/h17,19,26,28,32,34,76-77,81-82H,3-16,18,20-25,27,29-31,33,35-75H2,1-2H3,(H,80,83)/b19-17-,28-26-,34-32-. The van der Waals surface area contributed by atoms with Gasteiger partial charge in [0.25, 0.3) is 0 Å². The van der Waals surface area contributed by atoms with Crippen molar-refractivity contribution in [3.05, 3.63) is 36.5 Å². The van der Waals surface area contributed by atoms with Gasteiger partial charge in [-0.2, -0.15) is 0 Å². The molecule has 0 fully saturated rings. The molecule has 2 unspecified atom stereocenters. The summed E-state index contributed by atoms with van der Waals surface area (Å²) >= 11 is 0. The molecule has 0 saturated carbocycles. The maximum Gasteiger partial charge on any atom is 0.305 e. The van der Waals surface area contributed by atoms with E-state index in [9.17, 15) is 19.8 Å². The summed E-state index contributed by atoms with van der Waals surface area (Å²) < 4.78 is 5.51. The van der Waals surface area contributed by atoms with E-state index in [-0.39, 0.29) is 18.5 Å². The molecule has 6 nitrogen and oxygen atoms in total. The second-order valence-corrected chi connectivity index (χ2v) is 26.7. The maximum atomic E-state index is 12.5. The lowest BCUT2D eigenvalue weighted by molar-refractivity contribution is -0.143. The molecule has 0 bridgehead atoms. The summed E-state index contributed by atoms with van der Waals surface area (Å²) in [6, 6.07) is -0.540. The molecule has 0 saturated heterocycles. The second kappa shape index (κ2) is 74.5. The van der Waals surface area contributed by atoms with E-state index in [2.05, 4.69) is 55.6 Å². The number of amides is 1. The lowest BCUT2D eigenvalue weighted by Gasteiger charge is -2.22. The Hall–Kier alpha value is -1.92. The van der Waals surface area contributed by atoms with Gasteiger partial charge in [-0.15, -0.1) is 0 Å². The van der Waals surface area contributed by atoms with Crippen LogP contribution < -0.4 is 5.32 Å². The van der Waals surface area contributed by atoms with Crippen molar-refractivity contribution in [1.29, 1.82) is 0 Å². The number of carbonyl (C=O) groups is 2. The molecule has 6 heteroatoms. The average molecular weight is 1200 g/mol. The number of allylic oxidation sites excluding steroid dienone is 6. The van der Waals surface area contributed by atoms with Gasteiger partial charge in [-0.05, 0) is 83.5 Å². The predicted molar refractivity (Wildman–Crippen MR) is 375 cm³/mol. The molecule has 0 radical (unpaired) electrons. The molecule has 0 aliphatic rings. The number of hydrogen-bond acceptors (Lipinski definition) is 5. The van der Waals surface area contributed by atoms with Crippen LogP contribution in [0.4, 0.5) is 0 Å². The molecule has 3 N–H and O–H groups in total. The molecule has 0 aromatic carbocycles. The average Bonchev–Trinajstić information content (AvgIpc) is 3.51. The van der Waals surface area contributed by atoms with Crippen molar-refractivity contribution in [2.24, 2.45) is 0 Å². The number of ether oxygens (including phenoxy) is 1. The Morgan fingerprint density at radius 1 is 0.329 bits per heavy atom. The first-order chi connectivity index (χ1) is 42.0. The summed E-state index contributed by atoms with van der Waals surface area (Å²) in [6.07, 6.45) is 96.5. The van der Waals surface area contributed by atoms with Crippen LogP contribution in [0, 0.1) is 0 Å². The van der Waals surface area contributed by atoms with Crippen LogP contribution in [0.15, 0.2) is 36.5 Å². The van der Waals surface area contributed by atoms with Crippen LogP contribution in [0.1, 0.15) is 431 Å². The van der Waals surface area contributed by atoms with Gasteiger partial charge in [0.1, 0.15) is 0 Å². The molecule has 2 atom stereocenters. The van der Waals surface area contributed by atoms with Crippen molar-refractivity contribution in [2.75, 3.05) is 13.2 Å². The highest BCUT2D eigenvalue weighted by molar-refractivity contribution is 5.76. The number of aliphatic hydroxyl groups excluding tert-OH is 2. The Morgan fingerprint density at radius 3 is 0.906 bits per heavy atom. The van der Waals surface area contributed by atoms with Crippen molar-refractivity contribution in [3.8, 4) is 0 Å². The maximum absolute atomic E-state index is 12.5. The van der Waals surface area contributed by atoms with Gasteiger partial charge in [-0.25, -0.2) is 0 Å². The Morgan fingerprint density at radius 2 is 0.588 bits per heavy atom. The van der Waals surface area contributed by atoms with E-state index >= 15 is 0 Å². The van der Waals surface area contributed by atoms with E-state index in [1.807, 2.05) is 0 Å². The Bertz CT molecular complexity index is 1380. The van der Waals surface area contributed by atoms with Crippen molar-refractivity contribution in [2.45, 2.75) is 443 Å². The first kappa shape index (κ1) is 83.1. The quantitative estimate of drug-likeness (QED) is 0.0320. The Labute approximate surface area is 532 Å². The second-order valence-electron chi connectivity index (χ2n) is 26.7. The summed E-state index contributed by atoms with van der Waals surface area (Å²) in [5, 5.41) is 23.4. The highest BCUT2D eigenvalue weighted by Crippen LogP contribution is 2.19. The number of nitrogens with one attached hydrogen (secondary N) is 1.